The third-order valence-electron chi connectivity index (χ3n) is 4.34. The van der Waals surface area contributed by atoms with Crippen LogP contribution in [0.4, 0.5) is 10.8 Å². The van der Waals surface area contributed by atoms with E-state index in [2.05, 4.69) is 10.3 Å². The van der Waals surface area contributed by atoms with Gasteiger partial charge in [0.25, 0.3) is 0 Å². The van der Waals surface area contributed by atoms with Crippen LogP contribution in [0.15, 0.2) is 18.2 Å². The van der Waals surface area contributed by atoms with Gasteiger partial charge in [0.15, 0.2) is 5.13 Å². The number of aryl methyl sites for hydroxylation is 1. The van der Waals surface area contributed by atoms with Gasteiger partial charge in [-0.05, 0) is 36.5 Å². The van der Waals surface area contributed by atoms with E-state index in [1.807, 2.05) is 45.9 Å². The van der Waals surface area contributed by atoms with E-state index >= 15 is 0 Å². The van der Waals surface area contributed by atoms with Gasteiger partial charge in [-0.1, -0.05) is 26.8 Å². The van der Waals surface area contributed by atoms with Crippen molar-refractivity contribution in [3.63, 3.8) is 0 Å². The van der Waals surface area contributed by atoms with Crippen LogP contribution in [0.1, 0.15) is 37.6 Å². The summed E-state index contributed by atoms with van der Waals surface area (Å²) in [6, 6.07) is 5.74. The summed E-state index contributed by atoms with van der Waals surface area (Å²) in [5, 5.41) is 3.48. The van der Waals surface area contributed by atoms with Crippen molar-refractivity contribution >= 4 is 38.1 Å². The van der Waals surface area contributed by atoms with Crippen molar-refractivity contribution < 1.29 is 13.2 Å². The second-order valence-electron chi connectivity index (χ2n) is 8.14. The number of rotatable bonds is 4. The van der Waals surface area contributed by atoms with Crippen LogP contribution in [0.5, 0.6) is 0 Å². The van der Waals surface area contributed by atoms with Crippen molar-refractivity contribution in [2.45, 2.75) is 40.5 Å². The molecule has 6 nitrogen and oxygen atoms in total. The molecule has 0 atom stereocenters. The zero-order valence-electron chi connectivity index (χ0n) is 16.3. The van der Waals surface area contributed by atoms with Crippen molar-refractivity contribution in [3.8, 4) is 11.3 Å². The van der Waals surface area contributed by atoms with Gasteiger partial charge in [0.1, 0.15) is 0 Å². The number of hydrogen-bond acceptors (Lipinski definition) is 5. The lowest BCUT2D eigenvalue weighted by atomic mass is 9.92. The lowest BCUT2D eigenvalue weighted by Crippen LogP contribution is -2.27. The number of amides is 1. The molecule has 1 N–H and O–H groups in total. The molecule has 3 rings (SSSR count). The molecule has 2 heterocycles. The van der Waals surface area contributed by atoms with Gasteiger partial charge in [0.05, 0.1) is 17.6 Å². The number of carbonyl (C=O) groups excluding carboxylic acids is 1. The maximum Gasteiger partial charge on any atom is 0.232 e. The summed E-state index contributed by atoms with van der Waals surface area (Å²) >= 11 is 1.45. The fourth-order valence-corrected chi connectivity index (χ4v) is 5.04. The van der Waals surface area contributed by atoms with Crippen LogP contribution in [-0.4, -0.2) is 32.1 Å². The van der Waals surface area contributed by atoms with Crippen LogP contribution in [0.25, 0.3) is 11.3 Å². The first-order chi connectivity index (χ1) is 12.4. The van der Waals surface area contributed by atoms with Crippen LogP contribution in [0.3, 0.4) is 0 Å². The van der Waals surface area contributed by atoms with Crippen LogP contribution in [0, 0.1) is 12.3 Å². The van der Waals surface area contributed by atoms with Gasteiger partial charge in [-0.25, -0.2) is 13.4 Å². The molecule has 1 amide bonds. The number of nitrogens with one attached hydrogen (secondary N) is 1. The van der Waals surface area contributed by atoms with Gasteiger partial charge < -0.3 is 5.32 Å². The van der Waals surface area contributed by atoms with Crippen molar-refractivity contribution in [2.24, 2.45) is 5.41 Å². The molecule has 1 aromatic carbocycles. The minimum absolute atomic E-state index is 0.0412. The van der Waals surface area contributed by atoms with Crippen molar-refractivity contribution in [1.82, 2.24) is 4.98 Å². The average molecular weight is 408 g/mol. The second-order valence-corrected chi connectivity index (χ2v) is 11.2. The molecule has 0 spiro atoms. The minimum atomic E-state index is -3.25. The fourth-order valence-electron chi connectivity index (χ4n) is 3.23. The number of nitrogens with zero attached hydrogens (tertiary/aromatic N) is 2. The molecule has 0 saturated carbocycles. The molecule has 0 fully saturated rings. The van der Waals surface area contributed by atoms with Crippen molar-refractivity contribution in [1.29, 1.82) is 0 Å². The lowest BCUT2D eigenvalue weighted by Gasteiger charge is -2.16. The molecule has 1 aliphatic rings. The third kappa shape index (κ3) is 4.50. The Morgan fingerprint density at radius 3 is 2.67 bits per heavy atom. The quantitative estimate of drug-likeness (QED) is 0.836. The summed E-state index contributed by atoms with van der Waals surface area (Å²) in [5.74, 6) is -0.0412. The Balaban J connectivity index is 1.84. The maximum atomic E-state index is 12.2. The van der Waals surface area contributed by atoms with Crippen LogP contribution in [-0.2, 0) is 21.2 Å². The molecule has 2 aromatic rings. The number of benzene rings is 1. The Morgan fingerprint density at radius 1 is 1.33 bits per heavy atom. The van der Waals surface area contributed by atoms with Gasteiger partial charge in [0, 0.05) is 23.4 Å². The molecule has 146 valence electrons. The molecule has 0 unspecified atom stereocenters. The summed E-state index contributed by atoms with van der Waals surface area (Å²) in [6.45, 7) is 8.52. The number of fused-ring (bicyclic) bond motifs is 1. The Labute approximate surface area is 164 Å². The third-order valence-corrected chi connectivity index (χ3v) is 6.41. The maximum absolute atomic E-state index is 12.2. The molecule has 27 heavy (non-hydrogen) atoms. The summed E-state index contributed by atoms with van der Waals surface area (Å²) in [5.41, 5.74) is 3.43. The zero-order chi connectivity index (χ0) is 20.0. The van der Waals surface area contributed by atoms with E-state index in [0.29, 0.717) is 24.5 Å². The standard InChI is InChI=1S/C19H25N3O3S2/c1-12-17(21-18(26-12)20-16(23)11-19(2,3)4)14-6-7-15-13(10-14)8-9-22(15)27(5,24)25/h6-7,10H,8-9,11H2,1-5H3,(H,20,21,23). The molecule has 1 aromatic heterocycles. The zero-order valence-corrected chi connectivity index (χ0v) is 17.9. The summed E-state index contributed by atoms with van der Waals surface area (Å²) < 4.78 is 25.2. The van der Waals surface area contributed by atoms with Crippen LogP contribution in [0.2, 0.25) is 0 Å². The number of anilines is 2. The Bertz CT molecular complexity index is 988. The molecule has 8 heteroatoms. The van der Waals surface area contributed by atoms with E-state index in [0.717, 1.165) is 27.4 Å². The first-order valence-electron chi connectivity index (χ1n) is 8.82. The summed E-state index contributed by atoms with van der Waals surface area (Å²) in [6.07, 6.45) is 2.35. The molecular weight excluding hydrogens is 382 g/mol. The highest BCUT2D eigenvalue weighted by Gasteiger charge is 2.27. The van der Waals surface area contributed by atoms with Gasteiger partial charge >= 0.3 is 0 Å². The van der Waals surface area contributed by atoms with E-state index in [1.165, 1.54) is 21.9 Å². The second kappa shape index (κ2) is 6.91. The monoisotopic (exact) mass is 407 g/mol. The molecule has 1 aliphatic heterocycles. The molecule has 0 radical (unpaired) electrons. The van der Waals surface area contributed by atoms with Crippen molar-refractivity contribution in [3.05, 3.63) is 28.6 Å². The van der Waals surface area contributed by atoms with Crippen molar-refractivity contribution in [2.75, 3.05) is 22.4 Å². The SMILES string of the molecule is Cc1sc(NC(=O)CC(C)(C)C)nc1-c1ccc2c(c1)CCN2S(C)(=O)=O. The average Bonchev–Trinajstić information content (AvgIpc) is 3.07. The summed E-state index contributed by atoms with van der Waals surface area (Å²) in [4.78, 5) is 17.8. The molecule has 0 aliphatic carbocycles. The first kappa shape index (κ1) is 19.8. The van der Waals surface area contributed by atoms with Crippen LogP contribution < -0.4 is 9.62 Å². The van der Waals surface area contributed by atoms with E-state index in [9.17, 15) is 13.2 Å². The first-order valence-corrected chi connectivity index (χ1v) is 11.5. The minimum Gasteiger partial charge on any atom is -0.302 e. The molecule has 0 saturated heterocycles. The number of thiazole rings is 1. The predicted molar refractivity (Wildman–Crippen MR) is 111 cm³/mol. The number of carbonyl (C=O) groups is 1. The Hall–Kier alpha value is -1.93. The van der Waals surface area contributed by atoms with Gasteiger partial charge in [-0.15, -0.1) is 11.3 Å². The summed E-state index contributed by atoms with van der Waals surface area (Å²) in [7, 11) is -3.25. The largest absolute Gasteiger partial charge is 0.302 e. The smallest absolute Gasteiger partial charge is 0.232 e. The highest BCUT2D eigenvalue weighted by molar-refractivity contribution is 7.92. The Morgan fingerprint density at radius 2 is 2.04 bits per heavy atom. The van der Waals surface area contributed by atoms with E-state index in [-0.39, 0.29) is 11.3 Å². The fraction of sp³-hybridized carbons (Fsp3) is 0.474. The number of aromatic nitrogens is 1. The van der Waals surface area contributed by atoms with E-state index in [1.54, 1.807) is 0 Å². The highest BCUT2D eigenvalue weighted by atomic mass is 32.2. The lowest BCUT2D eigenvalue weighted by molar-refractivity contribution is -0.117. The van der Waals surface area contributed by atoms with E-state index in [4.69, 9.17) is 0 Å². The molecular formula is C19H25N3O3S2. The predicted octanol–water partition coefficient (Wildman–Crippen LogP) is 3.82. The van der Waals surface area contributed by atoms with Crippen LogP contribution >= 0.6 is 11.3 Å². The molecule has 0 bridgehead atoms. The number of hydrogen-bond donors (Lipinski definition) is 1. The van der Waals surface area contributed by atoms with Gasteiger partial charge in [-0.2, -0.15) is 0 Å². The van der Waals surface area contributed by atoms with Gasteiger partial charge in [0.2, 0.25) is 15.9 Å². The number of sulfonamides is 1. The topological polar surface area (TPSA) is 79.4 Å². The van der Waals surface area contributed by atoms with Gasteiger partial charge in [-0.3, -0.25) is 9.10 Å². The van der Waals surface area contributed by atoms with E-state index < -0.39 is 10.0 Å². The Kier molecular flexibility index (Phi) is 5.07. The highest BCUT2D eigenvalue weighted by Crippen LogP contribution is 2.36. The normalized spacial score (nSPS) is 14.3.